The van der Waals surface area contributed by atoms with E-state index in [1.165, 1.54) is 34.8 Å². The van der Waals surface area contributed by atoms with E-state index in [1.807, 2.05) is 95.3 Å². The van der Waals surface area contributed by atoms with Gasteiger partial charge in [0.15, 0.2) is 0 Å². The summed E-state index contributed by atoms with van der Waals surface area (Å²) in [6.45, 7) is 10.5. The van der Waals surface area contributed by atoms with Gasteiger partial charge < -0.3 is 25.4 Å². The highest BCUT2D eigenvalue weighted by Gasteiger charge is 2.44. The molecular weight excluding hydrogens is 693 g/mol. The second kappa shape index (κ2) is 16.9. The number of urea groups is 1. The Bertz CT molecular complexity index is 1990. The van der Waals surface area contributed by atoms with Gasteiger partial charge in [0.2, 0.25) is 15.9 Å². The van der Waals surface area contributed by atoms with Gasteiger partial charge in [-0.15, -0.1) is 0 Å². The maximum Gasteiger partial charge on any atom is 0.321 e. The van der Waals surface area contributed by atoms with Gasteiger partial charge in [0.25, 0.3) is 0 Å². The van der Waals surface area contributed by atoms with Crippen LogP contribution in [0.25, 0.3) is 10.9 Å². The zero-order chi connectivity index (χ0) is 38.3. The zero-order valence-electron chi connectivity index (χ0n) is 31.0. The number of aliphatic hydroxyl groups is 1. The molecule has 3 N–H and O–H groups in total. The summed E-state index contributed by atoms with van der Waals surface area (Å²) >= 11 is 0. The van der Waals surface area contributed by atoms with Crippen molar-refractivity contribution in [2.75, 3.05) is 26.2 Å². The number of sulfonamides is 1. The molecule has 53 heavy (non-hydrogen) atoms. The Balaban J connectivity index is 1.39. The van der Waals surface area contributed by atoms with Crippen LogP contribution in [0.2, 0.25) is 0 Å². The van der Waals surface area contributed by atoms with Crippen molar-refractivity contribution in [3.8, 4) is 0 Å². The molecular formula is C40H50N6O6S. The van der Waals surface area contributed by atoms with E-state index in [1.54, 1.807) is 16.0 Å². The SMILES string of the molecule is CC(C)CN(C[C@@H](O)[C@H](Cc1ccccc1)NC(=O)C(N1CCN(Cc2ccnc3ccccc23)C1=O)C(C)(C)C)S(=O)(=O)c1ccc(/C=N/O)cc1. The number of carbonyl (C=O) groups is 2. The molecule has 1 saturated heterocycles. The molecule has 4 aromatic rings. The lowest BCUT2D eigenvalue weighted by molar-refractivity contribution is -0.130. The number of amides is 3. The third-order valence-electron chi connectivity index (χ3n) is 9.38. The minimum Gasteiger partial charge on any atom is -0.411 e. The predicted octanol–water partition coefficient (Wildman–Crippen LogP) is 5.13. The largest absolute Gasteiger partial charge is 0.411 e. The topological polar surface area (TPSA) is 156 Å². The minimum absolute atomic E-state index is 0.0220. The van der Waals surface area contributed by atoms with Gasteiger partial charge in [-0.2, -0.15) is 4.31 Å². The highest BCUT2D eigenvalue weighted by atomic mass is 32.2. The lowest BCUT2D eigenvalue weighted by Crippen LogP contribution is -2.59. The average Bonchev–Trinajstić information content (AvgIpc) is 3.46. The molecule has 3 aromatic carbocycles. The molecule has 1 fully saturated rings. The molecule has 13 heteroatoms. The van der Waals surface area contributed by atoms with Gasteiger partial charge in [0, 0.05) is 44.3 Å². The van der Waals surface area contributed by atoms with Gasteiger partial charge in [-0.25, -0.2) is 13.2 Å². The average molecular weight is 743 g/mol. The number of fused-ring (bicyclic) bond motifs is 1. The van der Waals surface area contributed by atoms with Crippen molar-refractivity contribution in [1.82, 2.24) is 24.4 Å². The first-order valence-electron chi connectivity index (χ1n) is 17.9. The second-order valence-electron chi connectivity index (χ2n) is 15.1. The Morgan fingerprint density at radius 3 is 2.32 bits per heavy atom. The van der Waals surface area contributed by atoms with E-state index in [0.29, 0.717) is 25.2 Å². The van der Waals surface area contributed by atoms with Gasteiger partial charge in [0.1, 0.15) is 6.04 Å². The minimum atomic E-state index is -4.07. The number of nitrogens with one attached hydrogen (secondary N) is 1. The summed E-state index contributed by atoms with van der Waals surface area (Å²) in [6, 6.07) is 22.9. The molecule has 0 radical (unpaired) electrons. The summed E-state index contributed by atoms with van der Waals surface area (Å²) in [7, 11) is -4.07. The molecule has 0 aliphatic carbocycles. The van der Waals surface area contributed by atoms with Crippen LogP contribution >= 0.6 is 0 Å². The summed E-state index contributed by atoms with van der Waals surface area (Å²) in [5, 5.41) is 27.8. The number of nitrogens with zero attached hydrogens (tertiary/aromatic N) is 5. The summed E-state index contributed by atoms with van der Waals surface area (Å²) in [5.41, 5.74) is 2.49. The highest BCUT2D eigenvalue weighted by molar-refractivity contribution is 7.89. The number of hydrogen-bond donors (Lipinski definition) is 3. The highest BCUT2D eigenvalue weighted by Crippen LogP contribution is 2.30. The van der Waals surface area contributed by atoms with Gasteiger partial charge >= 0.3 is 6.03 Å². The van der Waals surface area contributed by atoms with E-state index in [2.05, 4.69) is 15.5 Å². The van der Waals surface area contributed by atoms with E-state index in [9.17, 15) is 23.1 Å². The quantitative estimate of drug-likeness (QED) is 0.0867. The van der Waals surface area contributed by atoms with E-state index in [0.717, 1.165) is 22.0 Å². The molecule has 1 aliphatic rings. The molecule has 3 amide bonds. The number of aromatic nitrogens is 1. The van der Waals surface area contributed by atoms with Crippen LogP contribution in [0.1, 0.15) is 51.3 Å². The summed E-state index contributed by atoms with van der Waals surface area (Å²) in [4.78, 5) is 36.2. The molecule has 1 aliphatic heterocycles. The zero-order valence-corrected chi connectivity index (χ0v) is 31.8. The summed E-state index contributed by atoms with van der Waals surface area (Å²) < 4.78 is 29.1. The second-order valence-corrected chi connectivity index (χ2v) is 17.0. The van der Waals surface area contributed by atoms with Crippen molar-refractivity contribution in [3.63, 3.8) is 0 Å². The molecule has 0 bridgehead atoms. The van der Waals surface area contributed by atoms with Crippen LogP contribution in [0.15, 0.2) is 101 Å². The maximum absolute atomic E-state index is 14.4. The molecule has 0 spiro atoms. The van der Waals surface area contributed by atoms with Crippen molar-refractivity contribution in [3.05, 3.63) is 108 Å². The van der Waals surface area contributed by atoms with Gasteiger partial charge in [-0.05, 0) is 58.7 Å². The van der Waals surface area contributed by atoms with Crippen LogP contribution in [-0.4, -0.2) is 100 Å². The van der Waals surface area contributed by atoms with Crippen molar-refractivity contribution in [1.29, 1.82) is 0 Å². The van der Waals surface area contributed by atoms with Crippen molar-refractivity contribution < 1.29 is 28.3 Å². The standard InChI is InChI=1S/C40H50N6O6S/c1-28(2)25-45(53(51,52)32-17-15-30(16-18-32)24-42-50)27-36(47)35(23-29-11-7-6-8-12-29)43-38(48)37(40(3,4)5)46-22-21-44(39(46)49)26-31-19-20-41-34-14-10-9-13-33(31)34/h6-20,24,28,35-37,47,50H,21-23,25-27H2,1-5H3,(H,43,48)/b42-24+/t35-,36+,37?/m0/s1. The van der Waals surface area contributed by atoms with Crippen LogP contribution < -0.4 is 5.32 Å². The Kier molecular flexibility index (Phi) is 12.5. The first-order chi connectivity index (χ1) is 25.2. The fraction of sp³-hybridized carbons (Fsp3) is 0.400. The van der Waals surface area contributed by atoms with Gasteiger partial charge in [-0.1, -0.05) is 100 Å². The van der Waals surface area contributed by atoms with E-state index < -0.39 is 39.5 Å². The first-order valence-corrected chi connectivity index (χ1v) is 19.3. The van der Waals surface area contributed by atoms with Crippen LogP contribution in [-0.2, 0) is 27.8 Å². The van der Waals surface area contributed by atoms with Crippen LogP contribution in [0.3, 0.4) is 0 Å². The smallest absolute Gasteiger partial charge is 0.321 e. The molecule has 1 aromatic heterocycles. The number of oxime groups is 1. The van der Waals surface area contributed by atoms with Crippen molar-refractivity contribution >= 4 is 39.1 Å². The fourth-order valence-corrected chi connectivity index (χ4v) is 8.48. The van der Waals surface area contributed by atoms with Crippen molar-refractivity contribution in [2.24, 2.45) is 16.5 Å². The summed E-state index contributed by atoms with van der Waals surface area (Å²) in [6.07, 6.45) is 1.85. The molecule has 1 unspecified atom stereocenters. The van der Waals surface area contributed by atoms with Crippen LogP contribution in [0, 0.1) is 11.3 Å². The summed E-state index contributed by atoms with van der Waals surface area (Å²) in [5.74, 6) is -0.499. The Morgan fingerprint density at radius 1 is 0.981 bits per heavy atom. The number of aliphatic hydroxyl groups excluding tert-OH is 1. The van der Waals surface area contributed by atoms with Crippen LogP contribution in [0.5, 0.6) is 0 Å². The number of carbonyl (C=O) groups excluding carboxylic acids is 2. The fourth-order valence-electron chi connectivity index (χ4n) is 6.86. The third-order valence-corrected chi connectivity index (χ3v) is 11.2. The lowest BCUT2D eigenvalue weighted by atomic mass is 9.84. The molecule has 2 heterocycles. The number of rotatable bonds is 15. The molecule has 12 nitrogen and oxygen atoms in total. The monoisotopic (exact) mass is 742 g/mol. The van der Waals surface area contributed by atoms with Crippen molar-refractivity contribution in [2.45, 2.75) is 70.7 Å². The maximum atomic E-state index is 14.4. The number of pyridine rings is 1. The Hall–Kier alpha value is -4.85. The van der Waals surface area contributed by atoms with Gasteiger partial charge in [0.05, 0.1) is 28.8 Å². The molecule has 282 valence electrons. The number of hydrogen-bond acceptors (Lipinski definition) is 8. The Labute approximate surface area is 312 Å². The molecule has 5 rings (SSSR count). The third kappa shape index (κ3) is 9.58. The van der Waals surface area contributed by atoms with Crippen LogP contribution in [0.4, 0.5) is 4.79 Å². The van der Waals surface area contributed by atoms with E-state index in [-0.39, 0.29) is 36.4 Å². The van der Waals surface area contributed by atoms with E-state index >= 15 is 0 Å². The lowest BCUT2D eigenvalue weighted by Gasteiger charge is -2.38. The number of para-hydroxylation sites is 1. The van der Waals surface area contributed by atoms with E-state index in [4.69, 9.17) is 5.21 Å². The Morgan fingerprint density at radius 2 is 1.66 bits per heavy atom. The van der Waals surface area contributed by atoms with Gasteiger partial charge in [-0.3, -0.25) is 9.78 Å². The molecule has 0 saturated carbocycles. The molecule has 3 atom stereocenters. The normalized spacial score (nSPS) is 15.8. The predicted molar refractivity (Wildman–Crippen MR) is 205 cm³/mol. The first kappa shape index (κ1) is 39.4. The number of benzene rings is 3.